The van der Waals surface area contributed by atoms with Crippen molar-refractivity contribution in [3.8, 4) is 0 Å². The summed E-state index contributed by atoms with van der Waals surface area (Å²) in [6, 6.07) is 8.04. The maximum Gasteiger partial charge on any atom is 0.193 e. The first-order valence-electron chi connectivity index (χ1n) is 9.20. The lowest BCUT2D eigenvalue weighted by atomic mass is 10.1. The highest BCUT2D eigenvalue weighted by Crippen LogP contribution is 2.21. The van der Waals surface area contributed by atoms with Crippen molar-refractivity contribution in [1.82, 2.24) is 10.2 Å². The van der Waals surface area contributed by atoms with Crippen molar-refractivity contribution in [2.75, 3.05) is 39.9 Å². The average Bonchev–Trinajstić information content (AvgIpc) is 3.18. The molecule has 0 amide bonds. The van der Waals surface area contributed by atoms with Crippen LogP contribution in [0.15, 0.2) is 29.3 Å². The van der Waals surface area contributed by atoms with Crippen LogP contribution in [-0.2, 0) is 15.9 Å². The predicted octanol–water partition coefficient (Wildman–Crippen LogP) is 2.73. The topological polar surface area (TPSA) is 46.1 Å². The first-order valence-corrected chi connectivity index (χ1v) is 9.58. The molecule has 0 saturated carbocycles. The Hall–Kier alpha value is -1.30. The van der Waals surface area contributed by atoms with Gasteiger partial charge in [0.05, 0.1) is 12.7 Å². The van der Waals surface area contributed by atoms with Crippen LogP contribution in [0.4, 0.5) is 0 Å². The largest absolute Gasteiger partial charge is 0.375 e. The molecular weight excluding hydrogens is 338 g/mol. The molecule has 2 atom stereocenters. The fourth-order valence-electron chi connectivity index (χ4n) is 3.50. The number of aliphatic imine (C=N–C) groups is 1. The van der Waals surface area contributed by atoms with Gasteiger partial charge < -0.3 is 19.7 Å². The number of halogens is 1. The third kappa shape index (κ3) is 5.09. The summed E-state index contributed by atoms with van der Waals surface area (Å²) in [6.07, 6.45) is 4.61. The molecule has 5 nitrogen and oxygen atoms in total. The molecule has 0 radical (unpaired) electrons. The summed E-state index contributed by atoms with van der Waals surface area (Å²) >= 11 is 6.21. The van der Waals surface area contributed by atoms with Crippen LogP contribution in [-0.4, -0.2) is 63.0 Å². The van der Waals surface area contributed by atoms with E-state index >= 15 is 0 Å². The number of ether oxygens (including phenoxy) is 2. The summed E-state index contributed by atoms with van der Waals surface area (Å²) in [7, 11) is 1.84. The first-order chi connectivity index (χ1) is 12.3. The van der Waals surface area contributed by atoms with Gasteiger partial charge in [0, 0.05) is 38.3 Å². The Bertz CT molecular complexity index is 576. The van der Waals surface area contributed by atoms with E-state index in [1.807, 2.05) is 25.2 Å². The molecule has 1 aromatic rings. The van der Waals surface area contributed by atoms with Crippen molar-refractivity contribution in [2.45, 2.75) is 37.9 Å². The zero-order chi connectivity index (χ0) is 17.5. The number of nitrogens with one attached hydrogen (secondary N) is 1. The fraction of sp³-hybridized carbons (Fsp3) is 0.632. The van der Waals surface area contributed by atoms with E-state index in [0.717, 1.165) is 69.5 Å². The van der Waals surface area contributed by atoms with Crippen molar-refractivity contribution in [3.63, 3.8) is 0 Å². The number of hydrogen-bond donors (Lipinski definition) is 1. The average molecular weight is 366 g/mol. The van der Waals surface area contributed by atoms with Gasteiger partial charge in [-0.3, -0.25) is 4.99 Å². The van der Waals surface area contributed by atoms with Gasteiger partial charge in [0.15, 0.2) is 5.96 Å². The number of aryl methyl sites for hydroxylation is 1. The van der Waals surface area contributed by atoms with E-state index in [1.165, 1.54) is 5.56 Å². The van der Waals surface area contributed by atoms with Crippen LogP contribution in [0.25, 0.3) is 0 Å². The lowest BCUT2D eigenvalue weighted by molar-refractivity contribution is -0.0816. The minimum atomic E-state index is 0.151. The minimum Gasteiger partial charge on any atom is -0.375 e. The second kappa shape index (κ2) is 9.41. The van der Waals surface area contributed by atoms with Crippen LogP contribution in [0, 0.1) is 0 Å². The van der Waals surface area contributed by atoms with Gasteiger partial charge >= 0.3 is 0 Å². The molecule has 2 unspecified atom stereocenters. The molecule has 2 saturated heterocycles. The number of rotatable bonds is 5. The van der Waals surface area contributed by atoms with E-state index in [2.05, 4.69) is 21.3 Å². The monoisotopic (exact) mass is 365 g/mol. The van der Waals surface area contributed by atoms with Crippen LogP contribution < -0.4 is 5.32 Å². The number of benzene rings is 1. The number of nitrogens with zero attached hydrogens (tertiary/aromatic N) is 2. The Morgan fingerprint density at radius 1 is 1.28 bits per heavy atom. The number of guanidine groups is 1. The summed E-state index contributed by atoms with van der Waals surface area (Å²) < 4.78 is 11.7. The van der Waals surface area contributed by atoms with Gasteiger partial charge in [-0.05, 0) is 37.3 Å². The Balaban J connectivity index is 1.45. The highest BCUT2D eigenvalue weighted by Gasteiger charge is 2.32. The van der Waals surface area contributed by atoms with Gasteiger partial charge in [0.25, 0.3) is 0 Å². The van der Waals surface area contributed by atoms with Crippen molar-refractivity contribution < 1.29 is 9.47 Å². The highest BCUT2D eigenvalue weighted by molar-refractivity contribution is 6.31. The Labute approximate surface area is 155 Å². The molecule has 2 fully saturated rings. The third-order valence-corrected chi connectivity index (χ3v) is 5.22. The smallest absolute Gasteiger partial charge is 0.193 e. The predicted molar refractivity (Wildman–Crippen MR) is 101 cm³/mol. The van der Waals surface area contributed by atoms with E-state index < -0.39 is 0 Å². The van der Waals surface area contributed by atoms with E-state index in [-0.39, 0.29) is 12.2 Å². The molecule has 0 bridgehead atoms. The molecule has 138 valence electrons. The molecule has 0 aliphatic carbocycles. The van der Waals surface area contributed by atoms with Gasteiger partial charge in [0.2, 0.25) is 0 Å². The summed E-state index contributed by atoms with van der Waals surface area (Å²) in [5, 5.41) is 4.32. The first kappa shape index (κ1) is 18.5. The lowest BCUT2D eigenvalue weighted by Gasteiger charge is -2.37. The Kier molecular flexibility index (Phi) is 6.96. The third-order valence-electron chi connectivity index (χ3n) is 4.85. The molecule has 2 heterocycles. The van der Waals surface area contributed by atoms with Crippen LogP contribution >= 0.6 is 11.6 Å². The summed E-state index contributed by atoms with van der Waals surface area (Å²) in [5.74, 6) is 0.949. The number of morpholine rings is 1. The molecule has 0 spiro atoms. The normalized spacial score (nSPS) is 24.6. The Morgan fingerprint density at radius 2 is 2.12 bits per heavy atom. The molecule has 25 heavy (non-hydrogen) atoms. The van der Waals surface area contributed by atoms with E-state index in [0.29, 0.717) is 0 Å². The van der Waals surface area contributed by atoms with Crippen molar-refractivity contribution in [3.05, 3.63) is 34.9 Å². The van der Waals surface area contributed by atoms with Gasteiger partial charge in [0.1, 0.15) is 6.10 Å². The molecule has 6 heteroatoms. The zero-order valence-corrected chi connectivity index (χ0v) is 15.7. The SMILES string of the molecule is CN=C(NCCCc1ccccc1Cl)N1CCOC(C2CCCO2)C1. The molecule has 1 aromatic carbocycles. The van der Waals surface area contributed by atoms with E-state index in [9.17, 15) is 0 Å². The van der Waals surface area contributed by atoms with Gasteiger partial charge in [-0.1, -0.05) is 29.8 Å². The molecule has 3 rings (SSSR count). The number of hydrogen-bond acceptors (Lipinski definition) is 3. The van der Waals surface area contributed by atoms with E-state index in [4.69, 9.17) is 21.1 Å². The van der Waals surface area contributed by atoms with Crippen LogP contribution in [0.2, 0.25) is 5.02 Å². The second-order valence-electron chi connectivity index (χ2n) is 6.58. The van der Waals surface area contributed by atoms with E-state index in [1.54, 1.807) is 0 Å². The molecule has 0 aromatic heterocycles. The highest BCUT2D eigenvalue weighted by atomic mass is 35.5. The van der Waals surface area contributed by atoms with Gasteiger partial charge in [-0.25, -0.2) is 0 Å². The summed E-state index contributed by atoms with van der Waals surface area (Å²) in [5.41, 5.74) is 1.20. The minimum absolute atomic E-state index is 0.151. The van der Waals surface area contributed by atoms with Gasteiger partial charge in [-0.15, -0.1) is 0 Å². The summed E-state index contributed by atoms with van der Waals surface area (Å²) in [4.78, 5) is 6.73. The standard InChI is InChI=1S/C19H28ClN3O2/c1-21-19(22-10-4-7-15-6-2-3-8-16(15)20)23-11-13-25-18(14-23)17-9-5-12-24-17/h2-3,6,8,17-18H,4-5,7,9-14H2,1H3,(H,21,22). The van der Waals surface area contributed by atoms with Crippen molar-refractivity contribution in [2.24, 2.45) is 4.99 Å². The Morgan fingerprint density at radius 3 is 2.88 bits per heavy atom. The maximum absolute atomic E-state index is 6.21. The molecule has 2 aliphatic rings. The van der Waals surface area contributed by atoms with Crippen molar-refractivity contribution in [1.29, 1.82) is 0 Å². The summed E-state index contributed by atoms with van der Waals surface area (Å²) in [6.45, 7) is 4.17. The van der Waals surface area contributed by atoms with Crippen LogP contribution in [0.5, 0.6) is 0 Å². The molecule has 2 aliphatic heterocycles. The maximum atomic E-state index is 6.21. The second-order valence-corrected chi connectivity index (χ2v) is 6.98. The fourth-order valence-corrected chi connectivity index (χ4v) is 3.73. The van der Waals surface area contributed by atoms with Gasteiger partial charge in [-0.2, -0.15) is 0 Å². The quantitative estimate of drug-likeness (QED) is 0.495. The lowest BCUT2D eigenvalue weighted by Crippen LogP contribution is -2.53. The van der Waals surface area contributed by atoms with Crippen molar-refractivity contribution >= 4 is 17.6 Å². The zero-order valence-electron chi connectivity index (χ0n) is 14.9. The molecular formula is C19H28ClN3O2. The van der Waals surface area contributed by atoms with Crippen LogP contribution in [0.1, 0.15) is 24.8 Å². The van der Waals surface area contributed by atoms with Crippen LogP contribution in [0.3, 0.4) is 0 Å². The molecule has 1 N–H and O–H groups in total.